The van der Waals surface area contributed by atoms with Crippen molar-refractivity contribution in [2.45, 2.75) is 40.3 Å². The molecule has 0 unspecified atom stereocenters. The molecular weight excluding hydrogens is 355 g/mol. The van der Waals surface area contributed by atoms with Crippen LogP contribution >= 0.6 is 12.4 Å². The predicted octanol–water partition coefficient (Wildman–Crippen LogP) is 4.45. The Morgan fingerprint density at radius 1 is 1.23 bits per heavy atom. The van der Waals surface area contributed by atoms with Crippen molar-refractivity contribution in [1.82, 2.24) is 0 Å². The van der Waals surface area contributed by atoms with Crippen molar-refractivity contribution in [2.24, 2.45) is 11.1 Å². The zero-order valence-electron chi connectivity index (χ0n) is 15.5. The van der Waals surface area contributed by atoms with Gasteiger partial charge in [-0.1, -0.05) is 32.9 Å². The SMILES string of the molecule is Cc1cc(OCc2cccc(F)c2)ccc1NC(=O)[C@@H](N)C(C)(C)C.Cl. The first-order chi connectivity index (χ1) is 11.7. The molecule has 0 fully saturated rings. The molecule has 4 nitrogen and oxygen atoms in total. The van der Waals surface area contributed by atoms with Crippen LogP contribution in [0.15, 0.2) is 42.5 Å². The van der Waals surface area contributed by atoms with Crippen molar-refractivity contribution < 1.29 is 13.9 Å². The van der Waals surface area contributed by atoms with E-state index in [2.05, 4.69) is 5.32 Å². The third-order valence-electron chi connectivity index (χ3n) is 3.97. The van der Waals surface area contributed by atoms with E-state index in [-0.39, 0.29) is 36.2 Å². The molecule has 2 aromatic rings. The number of amides is 1. The Hall–Kier alpha value is -2.11. The van der Waals surface area contributed by atoms with Gasteiger partial charge in [0, 0.05) is 5.69 Å². The molecule has 0 spiro atoms. The van der Waals surface area contributed by atoms with Crippen LogP contribution < -0.4 is 15.8 Å². The lowest BCUT2D eigenvalue weighted by atomic mass is 9.87. The molecule has 6 heteroatoms. The summed E-state index contributed by atoms with van der Waals surface area (Å²) in [5.41, 5.74) is 7.99. The highest BCUT2D eigenvalue weighted by atomic mass is 35.5. The van der Waals surface area contributed by atoms with Gasteiger partial charge in [0.05, 0.1) is 6.04 Å². The summed E-state index contributed by atoms with van der Waals surface area (Å²) < 4.78 is 18.9. The van der Waals surface area contributed by atoms with Gasteiger partial charge < -0.3 is 15.8 Å². The quantitative estimate of drug-likeness (QED) is 0.805. The summed E-state index contributed by atoms with van der Waals surface area (Å²) in [4.78, 5) is 12.2. The molecule has 0 aliphatic heterocycles. The number of nitrogens with one attached hydrogen (secondary N) is 1. The lowest BCUT2D eigenvalue weighted by molar-refractivity contribution is -0.119. The standard InChI is InChI=1S/C20H25FN2O2.ClH/c1-13-10-16(25-12-14-6-5-7-15(21)11-14)8-9-17(13)23-19(24)18(22)20(2,3)4;/h5-11,18H,12,22H2,1-4H3,(H,23,24);1H/t18-;/m1./s1. The molecule has 0 bridgehead atoms. The van der Waals surface area contributed by atoms with Crippen LogP contribution in [0.1, 0.15) is 31.9 Å². The van der Waals surface area contributed by atoms with E-state index >= 15 is 0 Å². The number of carbonyl (C=O) groups is 1. The highest BCUT2D eigenvalue weighted by Gasteiger charge is 2.27. The molecule has 26 heavy (non-hydrogen) atoms. The monoisotopic (exact) mass is 380 g/mol. The number of rotatable bonds is 5. The maximum absolute atomic E-state index is 13.2. The minimum absolute atomic E-state index is 0. The minimum atomic E-state index is -0.601. The van der Waals surface area contributed by atoms with Gasteiger partial charge in [-0.3, -0.25) is 4.79 Å². The van der Waals surface area contributed by atoms with Gasteiger partial charge in [-0.2, -0.15) is 0 Å². The smallest absolute Gasteiger partial charge is 0.241 e. The van der Waals surface area contributed by atoms with Crippen LogP contribution in [-0.2, 0) is 11.4 Å². The van der Waals surface area contributed by atoms with E-state index in [0.29, 0.717) is 11.4 Å². The van der Waals surface area contributed by atoms with Gasteiger partial charge in [-0.25, -0.2) is 4.39 Å². The van der Waals surface area contributed by atoms with Gasteiger partial charge in [0.1, 0.15) is 18.2 Å². The molecule has 1 amide bonds. The second-order valence-corrected chi connectivity index (χ2v) is 7.23. The Morgan fingerprint density at radius 3 is 2.50 bits per heavy atom. The second-order valence-electron chi connectivity index (χ2n) is 7.23. The van der Waals surface area contributed by atoms with E-state index in [1.54, 1.807) is 24.3 Å². The predicted molar refractivity (Wildman–Crippen MR) is 105 cm³/mol. The van der Waals surface area contributed by atoms with Crippen LogP contribution in [0.5, 0.6) is 5.75 Å². The summed E-state index contributed by atoms with van der Waals surface area (Å²) in [5, 5.41) is 2.86. The third kappa shape index (κ3) is 6.00. The van der Waals surface area contributed by atoms with Crippen LogP contribution in [0.4, 0.5) is 10.1 Å². The van der Waals surface area contributed by atoms with Crippen molar-refractivity contribution in [3.63, 3.8) is 0 Å². The van der Waals surface area contributed by atoms with Gasteiger partial charge in [0.25, 0.3) is 0 Å². The van der Waals surface area contributed by atoms with Crippen LogP contribution in [0.2, 0.25) is 0 Å². The number of hydrogen-bond donors (Lipinski definition) is 2. The number of nitrogens with two attached hydrogens (primary N) is 1. The zero-order chi connectivity index (χ0) is 18.6. The van der Waals surface area contributed by atoms with Gasteiger partial charge >= 0.3 is 0 Å². The van der Waals surface area contributed by atoms with Gasteiger partial charge in [0.15, 0.2) is 0 Å². The van der Waals surface area contributed by atoms with Crippen molar-refractivity contribution in [3.8, 4) is 5.75 Å². The maximum atomic E-state index is 13.2. The first-order valence-electron chi connectivity index (χ1n) is 8.21. The Kier molecular flexibility index (Phi) is 7.60. The fourth-order valence-corrected chi connectivity index (χ4v) is 2.26. The highest BCUT2D eigenvalue weighted by Crippen LogP contribution is 2.24. The van der Waals surface area contributed by atoms with Crippen LogP contribution in [-0.4, -0.2) is 11.9 Å². The molecule has 0 aliphatic carbocycles. The minimum Gasteiger partial charge on any atom is -0.489 e. The summed E-state index contributed by atoms with van der Waals surface area (Å²) in [5.74, 6) is 0.148. The Morgan fingerprint density at radius 2 is 1.92 bits per heavy atom. The fourth-order valence-electron chi connectivity index (χ4n) is 2.26. The number of aryl methyl sites for hydroxylation is 1. The number of halogens is 2. The highest BCUT2D eigenvalue weighted by molar-refractivity contribution is 5.95. The molecule has 1 atom stereocenters. The third-order valence-corrected chi connectivity index (χ3v) is 3.97. The average molecular weight is 381 g/mol. The number of benzene rings is 2. The molecular formula is C20H26ClFN2O2. The number of hydrogen-bond acceptors (Lipinski definition) is 3. The molecule has 0 radical (unpaired) electrons. The number of carbonyl (C=O) groups excluding carboxylic acids is 1. The van der Waals surface area contributed by atoms with Gasteiger partial charge in [-0.05, 0) is 53.8 Å². The largest absolute Gasteiger partial charge is 0.489 e. The molecule has 0 aliphatic rings. The molecule has 0 heterocycles. The van der Waals surface area contributed by atoms with Crippen LogP contribution in [0, 0.1) is 18.2 Å². The molecule has 2 aromatic carbocycles. The molecule has 142 valence electrons. The Balaban J connectivity index is 0.00000338. The number of anilines is 1. The van der Waals surface area contributed by atoms with E-state index in [1.165, 1.54) is 12.1 Å². The fraction of sp³-hybridized carbons (Fsp3) is 0.350. The van der Waals surface area contributed by atoms with E-state index in [0.717, 1.165) is 11.1 Å². The lowest BCUT2D eigenvalue weighted by Gasteiger charge is -2.26. The Bertz CT molecular complexity index is 760. The molecule has 2 rings (SSSR count). The molecule has 0 saturated carbocycles. The summed E-state index contributed by atoms with van der Waals surface area (Å²) in [6.45, 7) is 7.93. The van der Waals surface area contributed by atoms with E-state index < -0.39 is 6.04 Å². The van der Waals surface area contributed by atoms with Crippen molar-refractivity contribution in [2.75, 3.05) is 5.32 Å². The lowest BCUT2D eigenvalue weighted by Crippen LogP contribution is -2.45. The number of ether oxygens (including phenoxy) is 1. The van der Waals surface area contributed by atoms with Crippen molar-refractivity contribution in [1.29, 1.82) is 0 Å². The van der Waals surface area contributed by atoms with E-state index in [9.17, 15) is 9.18 Å². The van der Waals surface area contributed by atoms with Gasteiger partial charge in [-0.15, -0.1) is 12.4 Å². The first kappa shape index (κ1) is 21.9. The van der Waals surface area contributed by atoms with E-state index in [4.69, 9.17) is 10.5 Å². The average Bonchev–Trinajstić information content (AvgIpc) is 2.53. The molecule has 0 saturated heterocycles. The summed E-state index contributed by atoms with van der Waals surface area (Å²) >= 11 is 0. The van der Waals surface area contributed by atoms with Gasteiger partial charge in [0.2, 0.25) is 5.91 Å². The zero-order valence-corrected chi connectivity index (χ0v) is 16.3. The first-order valence-corrected chi connectivity index (χ1v) is 8.21. The summed E-state index contributed by atoms with van der Waals surface area (Å²) in [6, 6.07) is 11.1. The van der Waals surface area contributed by atoms with Crippen LogP contribution in [0.3, 0.4) is 0 Å². The normalized spacial score (nSPS) is 12.1. The van der Waals surface area contributed by atoms with Crippen LogP contribution in [0.25, 0.3) is 0 Å². The van der Waals surface area contributed by atoms with Crippen molar-refractivity contribution in [3.05, 3.63) is 59.4 Å². The summed E-state index contributed by atoms with van der Waals surface area (Å²) in [6.07, 6.45) is 0. The Labute approximate surface area is 160 Å². The molecule has 0 aromatic heterocycles. The summed E-state index contributed by atoms with van der Waals surface area (Å²) in [7, 11) is 0. The van der Waals surface area contributed by atoms with E-state index in [1.807, 2.05) is 33.8 Å². The maximum Gasteiger partial charge on any atom is 0.241 e. The molecule has 3 N–H and O–H groups in total. The topological polar surface area (TPSA) is 64.3 Å². The van der Waals surface area contributed by atoms with Crippen molar-refractivity contribution >= 4 is 24.0 Å². The second kappa shape index (κ2) is 9.01.